The highest BCUT2D eigenvalue weighted by atomic mass is 19.1. The van der Waals surface area contributed by atoms with E-state index in [0.29, 0.717) is 41.6 Å². The second kappa shape index (κ2) is 14.7. The van der Waals surface area contributed by atoms with Crippen LogP contribution in [0.2, 0.25) is 0 Å². The molecule has 0 saturated carbocycles. The van der Waals surface area contributed by atoms with Crippen molar-refractivity contribution in [2.45, 2.75) is 57.5 Å². The van der Waals surface area contributed by atoms with Crippen LogP contribution in [-0.2, 0) is 9.59 Å². The molecule has 2 amide bonds. The first-order chi connectivity index (χ1) is 25.7. The summed E-state index contributed by atoms with van der Waals surface area (Å²) in [6.07, 6.45) is 11.7. The molecule has 8 rings (SSSR count). The van der Waals surface area contributed by atoms with E-state index < -0.39 is 11.6 Å². The maximum atomic E-state index is 14.7. The van der Waals surface area contributed by atoms with Gasteiger partial charge in [0.2, 0.25) is 11.8 Å². The second-order valence-electron chi connectivity index (χ2n) is 14.5. The Bertz CT molecular complexity index is 2120. The van der Waals surface area contributed by atoms with Gasteiger partial charge in [0.15, 0.2) is 11.5 Å². The molecule has 14 heteroatoms. The van der Waals surface area contributed by atoms with Crippen molar-refractivity contribution in [2.75, 3.05) is 56.0 Å². The molecule has 3 aliphatic rings. The molecule has 3 atom stereocenters. The van der Waals surface area contributed by atoms with Crippen LogP contribution in [0.25, 0.3) is 16.9 Å². The van der Waals surface area contributed by atoms with Gasteiger partial charge in [-0.15, -0.1) is 0 Å². The number of hydrogen-bond acceptors (Lipinski definition) is 9. The third kappa shape index (κ3) is 7.25. The molecule has 0 radical (unpaired) electrons. The van der Waals surface area contributed by atoms with Gasteiger partial charge in [0.05, 0.1) is 35.7 Å². The highest BCUT2D eigenvalue weighted by molar-refractivity contribution is 6.01. The van der Waals surface area contributed by atoms with Crippen molar-refractivity contribution >= 4 is 34.7 Å². The maximum absolute atomic E-state index is 14.7. The number of amides is 2. The molecule has 0 spiro atoms. The molecule has 0 bridgehead atoms. The molecule has 3 aliphatic heterocycles. The zero-order valence-corrected chi connectivity index (χ0v) is 30.0. The Balaban J connectivity index is 0.815. The summed E-state index contributed by atoms with van der Waals surface area (Å²) in [5.41, 5.74) is 4.56. The lowest BCUT2D eigenvalue weighted by Crippen LogP contribution is -2.50. The molecule has 2 N–H and O–H groups in total. The number of hydrogen-bond donors (Lipinski definition) is 2. The normalized spacial score (nSPS) is 21.7. The number of aromatic nitrogens is 5. The molecule has 5 aromatic rings. The van der Waals surface area contributed by atoms with E-state index in [4.69, 9.17) is 5.10 Å². The molecule has 3 saturated heterocycles. The standard InChI is InChI=1S/C39H44F2N10O2/c1-25-19-32(34(41)21-33(25)40)35-23-43-37(38-42-10-12-50(35)38)45-28-22-44-51(24-28)30-9-11-48(26(2)20-30)16-13-47-14-17-49(18-15-47)29-5-3-27(4-6-29)31-7-8-36(52)46-39(31)53/h3-6,10,12,19,21-24,26,30-31H,7-9,11,13-18,20H2,1-2H3,(H,43,45)(H,46,52,53)/t26-,30-,31?/m0/s1. The van der Waals surface area contributed by atoms with Crippen molar-refractivity contribution in [1.82, 2.24) is 39.3 Å². The predicted octanol–water partition coefficient (Wildman–Crippen LogP) is 5.29. The lowest BCUT2D eigenvalue weighted by Gasteiger charge is -2.40. The monoisotopic (exact) mass is 722 g/mol. The van der Waals surface area contributed by atoms with Crippen LogP contribution in [0.1, 0.15) is 55.7 Å². The zero-order valence-electron chi connectivity index (χ0n) is 30.0. The Labute approximate surface area is 306 Å². The van der Waals surface area contributed by atoms with Crippen LogP contribution in [0.5, 0.6) is 0 Å². The summed E-state index contributed by atoms with van der Waals surface area (Å²) in [6.45, 7) is 10.9. The van der Waals surface area contributed by atoms with E-state index in [1.807, 2.05) is 23.0 Å². The van der Waals surface area contributed by atoms with Crippen molar-refractivity contribution < 1.29 is 18.4 Å². The van der Waals surface area contributed by atoms with Crippen LogP contribution in [0.3, 0.4) is 0 Å². The third-order valence-electron chi connectivity index (χ3n) is 11.2. The average Bonchev–Trinajstić information content (AvgIpc) is 3.84. The number of rotatable bonds is 9. The van der Waals surface area contributed by atoms with E-state index in [-0.39, 0.29) is 29.3 Å². The summed E-state index contributed by atoms with van der Waals surface area (Å²) in [7, 11) is 0. The number of benzene rings is 2. The molecule has 3 fully saturated rings. The van der Waals surface area contributed by atoms with Crippen LogP contribution < -0.4 is 15.5 Å². The minimum Gasteiger partial charge on any atom is -0.369 e. The van der Waals surface area contributed by atoms with Crippen molar-refractivity contribution in [3.8, 4) is 11.3 Å². The lowest BCUT2D eigenvalue weighted by atomic mass is 9.90. The molecule has 3 aromatic heterocycles. The van der Waals surface area contributed by atoms with Gasteiger partial charge in [-0.05, 0) is 62.4 Å². The number of nitrogens with zero attached hydrogens (tertiary/aromatic N) is 8. The largest absolute Gasteiger partial charge is 0.369 e. The number of nitrogens with one attached hydrogen (secondary N) is 2. The van der Waals surface area contributed by atoms with Gasteiger partial charge in [-0.1, -0.05) is 12.1 Å². The second-order valence-corrected chi connectivity index (χ2v) is 14.5. The summed E-state index contributed by atoms with van der Waals surface area (Å²) < 4.78 is 32.5. The minimum absolute atomic E-state index is 0.186. The highest BCUT2D eigenvalue weighted by Crippen LogP contribution is 2.31. The number of carbonyl (C=O) groups is 2. The Hall–Kier alpha value is -5.21. The quantitative estimate of drug-likeness (QED) is 0.196. The average molecular weight is 723 g/mol. The number of piperidine rings is 2. The van der Waals surface area contributed by atoms with Crippen LogP contribution in [-0.4, -0.2) is 97.6 Å². The summed E-state index contributed by atoms with van der Waals surface area (Å²) in [6, 6.07) is 11.4. The van der Waals surface area contributed by atoms with Gasteiger partial charge in [-0.25, -0.2) is 18.7 Å². The summed E-state index contributed by atoms with van der Waals surface area (Å²) in [5, 5.41) is 10.5. The number of halogens is 2. The first-order valence-electron chi connectivity index (χ1n) is 18.4. The number of imidazole rings is 1. The Morgan fingerprint density at radius 1 is 0.943 bits per heavy atom. The first kappa shape index (κ1) is 34.9. The minimum atomic E-state index is -0.653. The van der Waals surface area contributed by atoms with E-state index in [1.165, 1.54) is 11.8 Å². The van der Waals surface area contributed by atoms with E-state index in [1.54, 1.807) is 36.1 Å². The Kier molecular flexibility index (Phi) is 9.64. The van der Waals surface area contributed by atoms with Gasteiger partial charge < -0.3 is 10.2 Å². The maximum Gasteiger partial charge on any atom is 0.234 e. The Morgan fingerprint density at radius 2 is 1.75 bits per heavy atom. The number of carbonyl (C=O) groups excluding carboxylic acids is 2. The number of likely N-dealkylation sites (tertiary alicyclic amines) is 1. The molecular weight excluding hydrogens is 678 g/mol. The summed E-state index contributed by atoms with van der Waals surface area (Å²) in [4.78, 5) is 40.4. The first-order valence-corrected chi connectivity index (χ1v) is 18.4. The van der Waals surface area contributed by atoms with Crippen molar-refractivity contribution in [3.05, 3.63) is 90.1 Å². The summed E-state index contributed by atoms with van der Waals surface area (Å²) in [5.74, 6) is -1.36. The van der Waals surface area contributed by atoms with Crippen molar-refractivity contribution in [1.29, 1.82) is 0 Å². The molecule has 276 valence electrons. The zero-order chi connectivity index (χ0) is 36.6. The lowest BCUT2D eigenvalue weighted by molar-refractivity contribution is -0.134. The molecule has 2 aromatic carbocycles. The van der Waals surface area contributed by atoms with Gasteiger partial charge in [0.25, 0.3) is 0 Å². The van der Waals surface area contributed by atoms with Crippen LogP contribution in [0.4, 0.5) is 26.0 Å². The number of piperazine rings is 1. The molecule has 12 nitrogen and oxygen atoms in total. The predicted molar refractivity (Wildman–Crippen MR) is 198 cm³/mol. The van der Waals surface area contributed by atoms with Crippen molar-refractivity contribution in [3.63, 3.8) is 0 Å². The van der Waals surface area contributed by atoms with Crippen LogP contribution in [0.15, 0.2) is 67.4 Å². The fraction of sp³-hybridized carbons (Fsp3) is 0.410. The molecule has 6 heterocycles. The number of imide groups is 1. The SMILES string of the molecule is Cc1cc(-c2cnc(Nc3cnn([C@H]4CCN(CCN5CCN(c6ccc(C7CCC(=O)NC7=O)cc6)CC5)[C@@H](C)C4)c3)c3nccn23)c(F)cc1F. The van der Waals surface area contributed by atoms with E-state index in [9.17, 15) is 18.4 Å². The third-order valence-corrected chi connectivity index (χ3v) is 11.2. The van der Waals surface area contributed by atoms with Crippen LogP contribution in [0, 0.1) is 18.6 Å². The molecule has 53 heavy (non-hydrogen) atoms. The van der Waals surface area contributed by atoms with E-state index >= 15 is 0 Å². The number of aryl methyl sites for hydroxylation is 1. The van der Waals surface area contributed by atoms with Gasteiger partial charge in [0.1, 0.15) is 11.6 Å². The highest BCUT2D eigenvalue weighted by Gasteiger charge is 2.30. The molecule has 0 aliphatic carbocycles. The number of fused-ring (bicyclic) bond motifs is 1. The van der Waals surface area contributed by atoms with Gasteiger partial charge in [-0.2, -0.15) is 5.10 Å². The van der Waals surface area contributed by atoms with Crippen molar-refractivity contribution in [2.24, 2.45) is 0 Å². The van der Waals surface area contributed by atoms with E-state index in [2.05, 4.69) is 54.4 Å². The van der Waals surface area contributed by atoms with Crippen LogP contribution >= 0.6 is 0 Å². The fourth-order valence-corrected chi connectivity index (χ4v) is 8.00. The van der Waals surface area contributed by atoms with Gasteiger partial charge >= 0.3 is 0 Å². The molecule has 1 unspecified atom stereocenters. The van der Waals surface area contributed by atoms with E-state index in [0.717, 1.165) is 76.0 Å². The Morgan fingerprint density at radius 3 is 2.53 bits per heavy atom. The van der Waals surface area contributed by atoms with Gasteiger partial charge in [-0.3, -0.25) is 33.8 Å². The topological polar surface area (TPSA) is 116 Å². The fourth-order valence-electron chi connectivity index (χ4n) is 8.00. The van der Waals surface area contributed by atoms with Gasteiger partial charge in [0, 0.05) is 94.2 Å². The molecular formula is C39H44F2N10O2. The smallest absolute Gasteiger partial charge is 0.234 e. The summed E-state index contributed by atoms with van der Waals surface area (Å²) >= 11 is 0. The number of anilines is 3.